The molecule has 2 rings (SSSR count). The summed E-state index contributed by atoms with van der Waals surface area (Å²) < 4.78 is 57.4. The maximum absolute atomic E-state index is 12.1. The van der Waals surface area contributed by atoms with Gasteiger partial charge in [0.25, 0.3) is 5.56 Å². The molecule has 2 heterocycles. The Morgan fingerprint density at radius 2 is 1.82 bits per heavy atom. The molecule has 0 spiro atoms. The molecule has 1 saturated heterocycles. The SMILES string of the molecule is Cc1cn([C@H]2C[C@H](O)[C@@H](C(OCCO)OP(=O)(O)OP(=O)(O)OP(=O)(O)O)O2)c(=O)[nH]c1=O. The number of phosphoric acid groups is 3. The number of phosphoric ester groups is 1. The summed E-state index contributed by atoms with van der Waals surface area (Å²) in [5.74, 6) is 0. The minimum Gasteiger partial charge on any atom is -0.394 e. The predicted octanol–water partition coefficient (Wildman–Crippen LogP) is -1.83. The van der Waals surface area contributed by atoms with Crippen molar-refractivity contribution in [1.29, 1.82) is 0 Å². The van der Waals surface area contributed by atoms with Crippen molar-refractivity contribution in [2.24, 2.45) is 0 Å². The zero-order valence-corrected chi connectivity index (χ0v) is 19.2. The van der Waals surface area contributed by atoms with Crippen LogP contribution in [0.2, 0.25) is 0 Å². The molecule has 0 amide bonds. The van der Waals surface area contributed by atoms with Crippen LogP contribution < -0.4 is 11.2 Å². The number of nitrogens with one attached hydrogen (secondary N) is 1. The number of hydrogen-bond acceptors (Lipinski definition) is 12. The second-order valence-electron chi connectivity index (χ2n) is 6.50. The molecule has 190 valence electrons. The van der Waals surface area contributed by atoms with E-state index in [0.29, 0.717) is 0 Å². The standard InChI is InChI=1S/C12H21N2O16P3/c1-6-5-14(12(18)13-10(6)17)8-4-7(16)9(27-8)11(26-3-2-15)28-32(22,23)30-33(24,25)29-31(19,20)21/h5,7-9,11,15-16H,2-4H2,1H3,(H,22,23)(H,24,25)(H,13,17,18)(H2,19,20,21)/t7-,8+,9-,11?/m0/s1. The molecular weight excluding hydrogens is 521 g/mol. The number of ether oxygens (including phenoxy) is 2. The number of rotatable bonds is 11. The molecule has 1 aromatic rings. The summed E-state index contributed by atoms with van der Waals surface area (Å²) in [4.78, 5) is 61.7. The van der Waals surface area contributed by atoms with Crippen LogP contribution in [-0.2, 0) is 36.3 Å². The summed E-state index contributed by atoms with van der Waals surface area (Å²) >= 11 is 0. The molecule has 0 aromatic carbocycles. The van der Waals surface area contributed by atoms with Crippen LogP contribution in [0.1, 0.15) is 18.2 Å². The number of aryl methyl sites for hydroxylation is 1. The molecule has 6 atom stereocenters. The topological polar surface area (TPSA) is 274 Å². The van der Waals surface area contributed by atoms with Crippen molar-refractivity contribution < 1.29 is 66.1 Å². The third-order valence-corrected chi connectivity index (χ3v) is 7.69. The van der Waals surface area contributed by atoms with Crippen LogP contribution >= 0.6 is 23.5 Å². The van der Waals surface area contributed by atoms with Gasteiger partial charge < -0.3 is 39.3 Å². The van der Waals surface area contributed by atoms with E-state index in [-0.39, 0.29) is 12.0 Å². The Hall–Kier alpha value is -1.07. The fraction of sp³-hybridized carbons (Fsp3) is 0.667. The molecule has 0 aliphatic carbocycles. The second-order valence-corrected chi connectivity index (χ2v) is 10.9. The lowest BCUT2D eigenvalue weighted by molar-refractivity contribution is -0.191. The van der Waals surface area contributed by atoms with E-state index in [0.717, 1.165) is 10.8 Å². The third-order valence-electron chi connectivity index (χ3n) is 3.89. The molecule has 7 N–H and O–H groups in total. The first kappa shape index (κ1) is 28.2. The summed E-state index contributed by atoms with van der Waals surface area (Å²) in [5, 5.41) is 19.3. The molecule has 33 heavy (non-hydrogen) atoms. The van der Waals surface area contributed by atoms with E-state index in [1.807, 2.05) is 4.98 Å². The number of aromatic amines is 1. The van der Waals surface area contributed by atoms with E-state index in [1.54, 1.807) is 0 Å². The van der Waals surface area contributed by atoms with Crippen molar-refractivity contribution in [3.8, 4) is 0 Å². The van der Waals surface area contributed by atoms with Crippen LogP contribution in [-0.4, -0.2) is 71.0 Å². The van der Waals surface area contributed by atoms with E-state index >= 15 is 0 Å². The number of hydrogen-bond donors (Lipinski definition) is 7. The van der Waals surface area contributed by atoms with Gasteiger partial charge in [-0.1, -0.05) is 0 Å². The van der Waals surface area contributed by atoms with E-state index in [2.05, 4.69) is 13.1 Å². The summed E-state index contributed by atoms with van der Waals surface area (Å²) in [6.45, 7) is 0.177. The number of nitrogens with zero attached hydrogens (tertiary/aromatic N) is 1. The van der Waals surface area contributed by atoms with Gasteiger partial charge in [-0.2, -0.15) is 8.62 Å². The molecule has 1 aromatic heterocycles. The average molecular weight is 542 g/mol. The Kier molecular flexibility index (Phi) is 9.12. The molecule has 3 unspecified atom stereocenters. The lowest BCUT2D eigenvalue weighted by Crippen LogP contribution is -2.39. The van der Waals surface area contributed by atoms with Crippen LogP contribution in [0.25, 0.3) is 0 Å². The molecular formula is C12H21N2O16P3. The van der Waals surface area contributed by atoms with Crippen molar-refractivity contribution in [3.05, 3.63) is 32.6 Å². The third kappa shape index (κ3) is 8.28. The van der Waals surface area contributed by atoms with Crippen molar-refractivity contribution in [2.45, 2.75) is 38.1 Å². The van der Waals surface area contributed by atoms with E-state index in [9.17, 15) is 38.2 Å². The average Bonchev–Trinajstić information content (AvgIpc) is 2.99. The predicted molar refractivity (Wildman–Crippen MR) is 102 cm³/mol. The maximum Gasteiger partial charge on any atom is 0.490 e. The van der Waals surface area contributed by atoms with Gasteiger partial charge in [0.2, 0.25) is 0 Å². The zero-order valence-electron chi connectivity index (χ0n) is 16.6. The molecule has 18 nitrogen and oxygen atoms in total. The summed E-state index contributed by atoms with van der Waals surface area (Å²) in [7, 11) is -17.1. The quantitative estimate of drug-likeness (QED) is 0.120. The van der Waals surface area contributed by atoms with Crippen LogP contribution in [0.3, 0.4) is 0 Å². The Bertz CT molecular complexity index is 1090. The Balaban J connectivity index is 2.24. The Morgan fingerprint density at radius 3 is 2.39 bits per heavy atom. The molecule has 21 heteroatoms. The Labute approximate surface area is 183 Å². The highest BCUT2D eigenvalue weighted by Crippen LogP contribution is 2.66. The second kappa shape index (κ2) is 10.7. The normalized spacial score (nSPS) is 26.0. The van der Waals surface area contributed by atoms with Crippen LogP contribution in [0.5, 0.6) is 0 Å². The van der Waals surface area contributed by atoms with Crippen molar-refractivity contribution in [3.63, 3.8) is 0 Å². The zero-order chi connectivity index (χ0) is 25.2. The summed E-state index contributed by atoms with van der Waals surface area (Å²) in [6.07, 6.45) is -5.65. The van der Waals surface area contributed by atoms with E-state index < -0.39 is 72.7 Å². The van der Waals surface area contributed by atoms with Gasteiger partial charge >= 0.3 is 29.2 Å². The van der Waals surface area contributed by atoms with Gasteiger partial charge in [0.15, 0.2) is 6.29 Å². The van der Waals surface area contributed by atoms with Gasteiger partial charge in [-0.25, -0.2) is 18.5 Å². The molecule has 0 radical (unpaired) electrons. The van der Waals surface area contributed by atoms with E-state index in [4.69, 9.17) is 24.4 Å². The van der Waals surface area contributed by atoms with Gasteiger partial charge in [0, 0.05) is 18.2 Å². The number of aromatic nitrogens is 2. The minimum absolute atomic E-state index is 0.123. The van der Waals surface area contributed by atoms with Crippen molar-refractivity contribution >= 4 is 23.5 Å². The molecule has 1 aliphatic heterocycles. The Morgan fingerprint density at radius 1 is 1.18 bits per heavy atom. The van der Waals surface area contributed by atoms with Crippen LogP contribution in [0, 0.1) is 6.92 Å². The highest BCUT2D eigenvalue weighted by molar-refractivity contribution is 7.66. The van der Waals surface area contributed by atoms with Gasteiger partial charge in [-0.05, 0) is 6.92 Å². The largest absolute Gasteiger partial charge is 0.490 e. The summed E-state index contributed by atoms with van der Waals surface area (Å²) in [5.41, 5.74) is -1.44. The molecule has 0 bridgehead atoms. The molecule has 0 saturated carbocycles. The number of H-pyrrole nitrogens is 1. The maximum atomic E-state index is 12.1. The first-order valence-corrected chi connectivity index (χ1v) is 13.3. The van der Waals surface area contributed by atoms with Crippen LogP contribution in [0.4, 0.5) is 0 Å². The van der Waals surface area contributed by atoms with Gasteiger partial charge in [0.1, 0.15) is 12.3 Å². The minimum atomic E-state index is -5.83. The lowest BCUT2D eigenvalue weighted by atomic mass is 10.1. The molecule has 1 aliphatic rings. The fourth-order valence-electron chi connectivity index (χ4n) is 2.68. The first-order valence-electron chi connectivity index (χ1n) is 8.74. The summed E-state index contributed by atoms with van der Waals surface area (Å²) in [6, 6.07) is 0. The lowest BCUT2D eigenvalue weighted by Gasteiger charge is -2.27. The first-order chi connectivity index (χ1) is 15.0. The van der Waals surface area contributed by atoms with E-state index in [1.165, 1.54) is 6.92 Å². The highest BCUT2D eigenvalue weighted by atomic mass is 31.3. The monoisotopic (exact) mass is 542 g/mol. The van der Waals surface area contributed by atoms with Gasteiger partial charge in [0.05, 0.1) is 19.3 Å². The van der Waals surface area contributed by atoms with Crippen molar-refractivity contribution in [1.82, 2.24) is 9.55 Å². The number of aliphatic hydroxyl groups excluding tert-OH is 2. The highest BCUT2D eigenvalue weighted by Gasteiger charge is 2.47. The smallest absolute Gasteiger partial charge is 0.394 e. The van der Waals surface area contributed by atoms with Gasteiger partial charge in [-0.15, -0.1) is 0 Å². The van der Waals surface area contributed by atoms with Crippen LogP contribution in [0.15, 0.2) is 15.8 Å². The molecule has 1 fully saturated rings. The van der Waals surface area contributed by atoms with Gasteiger partial charge in [-0.3, -0.25) is 18.9 Å². The number of aliphatic hydroxyl groups is 2. The van der Waals surface area contributed by atoms with Crippen molar-refractivity contribution in [2.75, 3.05) is 13.2 Å². The fourth-order valence-corrected chi connectivity index (χ4v) is 5.78.